The molecule has 3 aromatic heterocycles. The highest BCUT2D eigenvalue weighted by atomic mass is 15.2. The molecule has 18 aromatic rings. The Balaban J connectivity index is 0.933. The first-order valence-corrected chi connectivity index (χ1v) is 36.5. The Morgan fingerprint density at radius 3 is 1.08 bits per heavy atom. The second-order valence-electron chi connectivity index (χ2n) is 28.5. The van der Waals surface area contributed by atoms with E-state index in [-0.39, 0.29) is 6.71 Å². The quantitative estimate of drug-likeness (QED) is 0.108. The topological polar surface area (TPSA) is 27.8 Å². The van der Waals surface area contributed by atoms with E-state index in [1.165, 1.54) is 99.1 Å². The third-order valence-electron chi connectivity index (χ3n) is 21.9. The number of anilines is 11. The van der Waals surface area contributed by atoms with Crippen LogP contribution < -0.4 is 36.0 Å². The average Bonchev–Trinajstić information content (AvgIpc) is 1.71. The lowest BCUT2D eigenvalue weighted by Crippen LogP contribution is -2.58. The average molecular weight is 1350 g/mol. The Morgan fingerprint density at radius 1 is 0.276 bits per heavy atom. The Kier molecular flexibility index (Phi) is 15.1. The summed E-state index contributed by atoms with van der Waals surface area (Å²) in [5.74, 6) is 0. The van der Waals surface area contributed by atoms with Gasteiger partial charge in [-0.05, 0) is 220 Å². The van der Waals surface area contributed by atoms with E-state index in [2.05, 4.69) is 416 Å². The van der Waals surface area contributed by atoms with Gasteiger partial charge in [-0.15, -0.1) is 0 Å². The molecule has 0 bridgehead atoms. The van der Waals surface area contributed by atoms with E-state index in [1.54, 1.807) is 0 Å². The molecule has 19 rings (SSSR count). The zero-order valence-electron chi connectivity index (χ0n) is 60.0. The Hall–Kier alpha value is -13.0. The van der Waals surface area contributed by atoms with Gasteiger partial charge in [0.1, 0.15) is 0 Å². The van der Waals surface area contributed by atoms with E-state index in [1.807, 2.05) is 0 Å². The van der Waals surface area contributed by atoms with E-state index in [0.29, 0.717) is 0 Å². The van der Waals surface area contributed by atoms with Gasteiger partial charge in [0.15, 0.2) is 0 Å². The smallest absolute Gasteiger partial charge is 0.249 e. The monoisotopic (exact) mass is 1350 g/mol. The molecule has 502 valence electrons. The molecular formula is C97H76BN7. The maximum atomic E-state index is 2.66. The molecule has 4 heterocycles. The van der Waals surface area contributed by atoms with Gasteiger partial charge in [0.25, 0.3) is 0 Å². The fraction of sp³-hybridized carbons (Fsp3) is 0.0722. The van der Waals surface area contributed by atoms with Crippen molar-refractivity contribution in [3.05, 3.63) is 367 Å². The number of fused-ring (bicyclic) bond motifs is 11. The van der Waals surface area contributed by atoms with E-state index in [0.717, 1.165) is 95.7 Å². The Labute approximate surface area is 613 Å². The van der Waals surface area contributed by atoms with Gasteiger partial charge >= 0.3 is 0 Å². The van der Waals surface area contributed by atoms with E-state index < -0.39 is 0 Å². The van der Waals surface area contributed by atoms with E-state index in [4.69, 9.17) is 0 Å². The molecule has 1 aliphatic heterocycles. The van der Waals surface area contributed by atoms with Gasteiger partial charge in [-0.25, -0.2) is 0 Å². The van der Waals surface area contributed by atoms with Crippen LogP contribution in [0.5, 0.6) is 0 Å². The van der Waals surface area contributed by atoms with Crippen LogP contribution in [0.4, 0.5) is 62.6 Å². The minimum Gasteiger partial charge on any atom is -0.344 e. The fourth-order valence-corrected chi connectivity index (χ4v) is 17.8. The molecule has 0 fully saturated rings. The summed E-state index contributed by atoms with van der Waals surface area (Å²) in [5, 5.41) is 7.19. The highest BCUT2D eigenvalue weighted by Crippen LogP contribution is 2.49. The summed E-state index contributed by atoms with van der Waals surface area (Å²) in [7, 11) is 2.31. The molecule has 0 aliphatic carbocycles. The summed E-state index contributed by atoms with van der Waals surface area (Å²) in [4.78, 5) is 9.95. The normalized spacial score (nSPS) is 12.1. The number of benzene rings is 15. The second-order valence-corrected chi connectivity index (χ2v) is 28.5. The molecule has 1 aliphatic rings. The summed E-state index contributed by atoms with van der Waals surface area (Å²) < 4.78 is 7.48. The molecule has 0 spiro atoms. The number of aromatic nitrogens is 3. The van der Waals surface area contributed by atoms with Crippen LogP contribution >= 0.6 is 0 Å². The predicted molar refractivity (Wildman–Crippen MR) is 448 cm³/mol. The second kappa shape index (κ2) is 25.2. The number of para-hydroxylation sites is 8. The number of hydrogen-bond donors (Lipinski definition) is 0. The lowest BCUT2D eigenvalue weighted by Gasteiger charge is -2.41. The van der Waals surface area contributed by atoms with Crippen LogP contribution in [0.25, 0.3) is 82.5 Å². The lowest BCUT2D eigenvalue weighted by atomic mass is 9.34. The molecular weight excluding hydrogens is 1270 g/mol. The van der Waals surface area contributed by atoms with Crippen LogP contribution in [0.3, 0.4) is 0 Å². The minimum absolute atomic E-state index is 0.263. The molecule has 0 unspecified atom stereocenters. The third kappa shape index (κ3) is 10.3. The Morgan fingerprint density at radius 2 is 0.638 bits per heavy atom. The molecule has 0 atom stereocenters. The molecule has 8 heteroatoms. The van der Waals surface area contributed by atoms with Crippen molar-refractivity contribution in [2.45, 2.75) is 41.5 Å². The van der Waals surface area contributed by atoms with Crippen molar-refractivity contribution in [3.63, 3.8) is 0 Å². The van der Waals surface area contributed by atoms with Crippen molar-refractivity contribution >= 4 is 151 Å². The summed E-state index contributed by atoms with van der Waals surface area (Å²) in [6, 6.07) is 124. The molecule has 0 saturated heterocycles. The lowest BCUT2D eigenvalue weighted by molar-refractivity contribution is 1.12. The number of hydrogen-bond acceptors (Lipinski definition) is 4. The standard InChI is InChI=1S/C97H76BN7/c1-63-54-65(3)96(66(4)55-63)99(7)93-61-78(104-90-52-49-75(100(70-28-12-8-13-29-70)71-30-14-9-15-31-71)58-83(90)84-59-76(50-53-91(84)104)101(72-32-16-10-17-33-72)73-34-18-11-19-35-73)62-94-95(93)98(69-44-46-74(47-45-69)102-86-40-24-20-36-79(86)80-37-21-25-41-87(80)102)85-51-48-77(60-92(85)105(94)97-67(5)56-64(2)57-68(97)6)103-88-42-26-22-38-81(88)82-39-23-27-43-89(82)103/h8-62H,1-7H3. The zero-order valence-corrected chi connectivity index (χ0v) is 60.0. The molecule has 0 radical (unpaired) electrons. The summed E-state index contributed by atoms with van der Waals surface area (Å²) >= 11 is 0. The molecule has 7 nitrogen and oxygen atoms in total. The van der Waals surface area contributed by atoms with E-state index >= 15 is 0 Å². The highest BCUT2D eigenvalue weighted by Gasteiger charge is 2.41. The van der Waals surface area contributed by atoms with Crippen LogP contribution in [0.1, 0.15) is 33.4 Å². The van der Waals surface area contributed by atoms with Gasteiger partial charge in [-0.3, -0.25) is 0 Å². The SMILES string of the molecule is Cc1cc(C)c(N(C)c2cc(-n3c4ccc(N(c5ccccc5)c5ccccc5)cc4c4cc(N(c5ccccc5)c5ccccc5)ccc43)cc3c2B(c2ccc(-n4c5ccccc5c5ccccc54)cc2)c2ccc(-n4c5ccccc5c5ccccc54)cc2N3c2c(C)cc(C)cc2C)c(C)c1. The van der Waals surface area contributed by atoms with Crippen LogP contribution in [0.15, 0.2) is 334 Å². The van der Waals surface area contributed by atoms with Gasteiger partial charge in [0.2, 0.25) is 6.71 Å². The fourth-order valence-electron chi connectivity index (χ4n) is 17.8. The first-order chi connectivity index (χ1) is 51.5. The van der Waals surface area contributed by atoms with Crippen molar-refractivity contribution in [2.75, 3.05) is 26.6 Å². The number of rotatable bonds is 13. The predicted octanol–water partition coefficient (Wildman–Crippen LogP) is 23.8. The summed E-state index contributed by atoms with van der Waals surface area (Å²) in [6.45, 7) is 13.4. The van der Waals surface area contributed by atoms with Crippen LogP contribution in [0.2, 0.25) is 0 Å². The molecule has 0 N–H and O–H groups in total. The Bertz CT molecular complexity index is 6080. The molecule has 0 saturated carbocycles. The van der Waals surface area contributed by atoms with Crippen LogP contribution in [-0.2, 0) is 0 Å². The van der Waals surface area contributed by atoms with Crippen molar-refractivity contribution in [2.24, 2.45) is 0 Å². The minimum atomic E-state index is -0.263. The molecule has 105 heavy (non-hydrogen) atoms. The first kappa shape index (κ1) is 62.9. The maximum Gasteiger partial charge on any atom is 0.249 e. The summed E-state index contributed by atoms with van der Waals surface area (Å²) in [5.41, 5.74) is 33.2. The maximum absolute atomic E-state index is 2.66. The molecule has 0 amide bonds. The van der Waals surface area contributed by atoms with Crippen molar-refractivity contribution < 1.29 is 0 Å². The number of aryl methyl sites for hydroxylation is 6. The van der Waals surface area contributed by atoms with E-state index in [9.17, 15) is 0 Å². The van der Waals surface area contributed by atoms with Crippen molar-refractivity contribution in [1.29, 1.82) is 0 Å². The zero-order chi connectivity index (χ0) is 70.7. The van der Waals surface area contributed by atoms with Gasteiger partial charge in [-0.1, -0.05) is 205 Å². The molecule has 15 aromatic carbocycles. The van der Waals surface area contributed by atoms with Crippen LogP contribution in [-0.4, -0.2) is 27.5 Å². The first-order valence-electron chi connectivity index (χ1n) is 36.5. The largest absolute Gasteiger partial charge is 0.344 e. The summed E-state index contributed by atoms with van der Waals surface area (Å²) in [6.07, 6.45) is 0. The van der Waals surface area contributed by atoms with Gasteiger partial charge < -0.3 is 33.3 Å². The van der Waals surface area contributed by atoms with Crippen molar-refractivity contribution in [1.82, 2.24) is 13.7 Å². The van der Waals surface area contributed by atoms with Gasteiger partial charge in [0, 0.05) is 108 Å². The number of nitrogens with zero attached hydrogens (tertiary/aromatic N) is 7. The van der Waals surface area contributed by atoms with Crippen LogP contribution in [0, 0.1) is 41.5 Å². The van der Waals surface area contributed by atoms with Gasteiger partial charge in [-0.2, -0.15) is 0 Å². The van der Waals surface area contributed by atoms with Gasteiger partial charge in [0.05, 0.1) is 44.5 Å². The third-order valence-corrected chi connectivity index (χ3v) is 21.9. The highest BCUT2D eigenvalue weighted by molar-refractivity contribution is 6.99. The van der Waals surface area contributed by atoms with Crippen molar-refractivity contribution in [3.8, 4) is 17.1 Å².